The van der Waals surface area contributed by atoms with Crippen molar-refractivity contribution in [1.29, 1.82) is 0 Å². The zero-order valence-electron chi connectivity index (χ0n) is 11.4. The molecule has 0 aliphatic heterocycles. The summed E-state index contributed by atoms with van der Waals surface area (Å²) in [7, 11) is 0.928. The number of alkyl halides is 4. The molecule has 0 spiro atoms. The van der Waals surface area contributed by atoms with E-state index in [-0.39, 0.29) is 0 Å². The topological polar surface area (TPSA) is 55.1 Å². The highest BCUT2D eigenvalue weighted by atomic mass is 35.5. The van der Waals surface area contributed by atoms with Gasteiger partial charge < -0.3 is 5.11 Å². The maximum absolute atomic E-state index is 14.0. The minimum absolute atomic E-state index is 0.374. The summed E-state index contributed by atoms with van der Waals surface area (Å²) in [5, 5.41) is 12.0. The molecule has 0 bridgehead atoms. The molecule has 4 nitrogen and oxygen atoms in total. The molecule has 1 aromatic carbocycles. The van der Waals surface area contributed by atoms with E-state index in [1.54, 1.807) is 0 Å². The Morgan fingerprint density at radius 2 is 2.00 bits per heavy atom. The lowest BCUT2D eigenvalue weighted by atomic mass is 10.0. The van der Waals surface area contributed by atoms with E-state index in [2.05, 4.69) is 5.10 Å². The number of hydrogen-bond donors (Lipinski definition) is 1. The van der Waals surface area contributed by atoms with Crippen LogP contribution in [-0.4, -0.2) is 20.9 Å². The van der Waals surface area contributed by atoms with Crippen molar-refractivity contribution in [2.24, 2.45) is 7.05 Å². The zero-order valence-corrected chi connectivity index (χ0v) is 12.1. The van der Waals surface area contributed by atoms with Crippen molar-refractivity contribution < 1.29 is 31.9 Å². The molecule has 10 heteroatoms. The fraction of sp³-hybridized carbons (Fsp3) is 0.231. The second kappa shape index (κ2) is 5.80. The molecule has 124 valence electrons. The molecule has 1 N–H and O–H groups in total. The van der Waals surface area contributed by atoms with E-state index in [0.29, 0.717) is 10.7 Å². The molecule has 23 heavy (non-hydrogen) atoms. The van der Waals surface area contributed by atoms with E-state index in [4.69, 9.17) is 16.7 Å². The first kappa shape index (κ1) is 17.2. The Kier molecular flexibility index (Phi) is 4.34. The number of carboxylic acid groups (broad SMARTS) is 1. The SMILES string of the molecule is Cn1nc(-c2cc(C(=O)O)c(Cl)cc2F)c(CF)c1C(F)(F)F. The standard InChI is InChI=1S/C13H8ClF5N2O2/c1-21-11(13(17,18)19)7(4-15)10(20-21)6-2-5(12(22)23)8(14)3-9(6)16/h2-3H,4H2,1H3,(H,22,23). The van der Waals surface area contributed by atoms with Crippen molar-refractivity contribution in [3.8, 4) is 11.3 Å². The summed E-state index contributed by atoms with van der Waals surface area (Å²) in [5.74, 6) is -2.62. The van der Waals surface area contributed by atoms with Crippen molar-refractivity contribution in [1.82, 2.24) is 9.78 Å². The molecular weight excluding hydrogens is 347 g/mol. The highest BCUT2D eigenvalue weighted by Crippen LogP contribution is 2.38. The predicted molar refractivity (Wildman–Crippen MR) is 70.4 cm³/mol. The fourth-order valence-corrected chi connectivity index (χ4v) is 2.39. The summed E-state index contributed by atoms with van der Waals surface area (Å²) in [4.78, 5) is 11.0. The molecule has 0 saturated heterocycles. The van der Waals surface area contributed by atoms with Gasteiger partial charge in [0.2, 0.25) is 0 Å². The van der Waals surface area contributed by atoms with Crippen LogP contribution in [0.15, 0.2) is 12.1 Å². The number of aromatic carboxylic acids is 1. The maximum atomic E-state index is 14.0. The average molecular weight is 355 g/mol. The molecule has 0 aliphatic rings. The van der Waals surface area contributed by atoms with Gasteiger partial charge in [-0.2, -0.15) is 18.3 Å². The number of carboxylic acids is 1. The molecule has 1 heterocycles. The average Bonchev–Trinajstić information content (AvgIpc) is 2.74. The van der Waals surface area contributed by atoms with Gasteiger partial charge >= 0.3 is 12.1 Å². The van der Waals surface area contributed by atoms with Gasteiger partial charge in [-0.05, 0) is 12.1 Å². The van der Waals surface area contributed by atoms with Crippen molar-refractivity contribution in [2.45, 2.75) is 12.9 Å². The van der Waals surface area contributed by atoms with E-state index in [9.17, 15) is 26.7 Å². The second-order valence-electron chi connectivity index (χ2n) is 4.55. The van der Waals surface area contributed by atoms with Crippen LogP contribution in [-0.2, 0) is 19.9 Å². The van der Waals surface area contributed by atoms with Gasteiger partial charge in [-0.1, -0.05) is 11.6 Å². The van der Waals surface area contributed by atoms with Crippen molar-refractivity contribution >= 4 is 17.6 Å². The lowest BCUT2D eigenvalue weighted by Gasteiger charge is -2.09. The van der Waals surface area contributed by atoms with E-state index >= 15 is 0 Å². The third-order valence-electron chi connectivity index (χ3n) is 3.09. The molecule has 2 rings (SSSR count). The number of rotatable bonds is 3. The number of benzene rings is 1. The summed E-state index contributed by atoms with van der Waals surface area (Å²) in [6.45, 7) is -1.55. The number of nitrogens with zero attached hydrogens (tertiary/aromatic N) is 2. The summed E-state index contributed by atoms with van der Waals surface area (Å²) in [6, 6.07) is 1.35. The van der Waals surface area contributed by atoms with E-state index < -0.39 is 57.7 Å². The van der Waals surface area contributed by atoms with Gasteiger partial charge in [0.05, 0.1) is 10.6 Å². The van der Waals surface area contributed by atoms with Crippen molar-refractivity contribution in [2.75, 3.05) is 0 Å². The Bertz CT molecular complexity index is 786. The van der Waals surface area contributed by atoms with Crippen LogP contribution in [0.3, 0.4) is 0 Å². The van der Waals surface area contributed by atoms with Crippen LogP contribution in [0, 0.1) is 5.82 Å². The van der Waals surface area contributed by atoms with Crippen LogP contribution >= 0.6 is 11.6 Å². The Hall–Kier alpha value is -2.16. The van der Waals surface area contributed by atoms with Gasteiger partial charge in [-0.3, -0.25) is 4.68 Å². The van der Waals surface area contributed by atoms with Crippen molar-refractivity contribution in [3.63, 3.8) is 0 Å². The fourth-order valence-electron chi connectivity index (χ4n) is 2.16. The third-order valence-corrected chi connectivity index (χ3v) is 3.40. The number of halogens is 6. The largest absolute Gasteiger partial charge is 0.478 e. The lowest BCUT2D eigenvalue weighted by Crippen LogP contribution is -2.13. The summed E-state index contributed by atoms with van der Waals surface area (Å²) >= 11 is 5.57. The van der Waals surface area contributed by atoms with Crippen LogP contribution < -0.4 is 0 Å². The lowest BCUT2D eigenvalue weighted by molar-refractivity contribution is -0.144. The Labute approximate surface area is 131 Å². The molecule has 0 amide bonds. The summed E-state index contributed by atoms with van der Waals surface area (Å²) in [5.41, 5.74) is -3.99. The van der Waals surface area contributed by atoms with Gasteiger partial charge in [0.15, 0.2) is 0 Å². The zero-order chi connectivity index (χ0) is 17.5. The quantitative estimate of drug-likeness (QED) is 0.845. The third kappa shape index (κ3) is 3.00. The minimum atomic E-state index is -4.90. The van der Waals surface area contributed by atoms with Gasteiger partial charge in [-0.15, -0.1) is 0 Å². The molecule has 0 radical (unpaired) electrons. The van der Waals surface area contributed by atoms with E-state index in [0.717, 1.165) is 13.1 Å². The number of carbonyl (C=O) groups is 1. The normalized spacial score (nSPS) is 11.8. The summed E-state index contributed by atoms with van der Waals surface area (Å²) < 4.78 is 66.4. The minimum Gasteiger partial charge on any atom is -0.478 e. The predicted octanol–water partition coefficient (Wildman–Crippen LogP) is 4.07. The number of hydrogen-bond acceptors (Lipinski definition) is 2. The number of aryl methyl sites for hydroxylation is 1. The van der Waals surface area contributed by atoms with Crippen LogP contribution in [0.1, 0.15) is 21.6 Å². The van der Waals surface area contributed by atoms with Gasteiger partial charge in [0.1, 0.15) is 23.9 Å². The number of aromatic nitrogens is 2. The molecular formula is C13H8ClF5N2O2. The van der Waals surface area contributed by atoms with Gasteiger partial charge in [-0.25, -0.2) is 13.6 Å². The van der Waals surface area contributed by atoms with Crippen LogP contribution in [0.4, 0.5) is 22.0 Å². The Morgan fingerprint density at radius 1 is 1.39 bits per heavy atom. The van der Waals surface area contributed by atoms with Crippen LogP contribution in [0.2, 0.25) is 5.02 Å². The highest BCUT2D eigenvalue weighted by Gasteiger charge is 2.39. The molecule has 1 aromatic heterocycles. The van der Waals surface area contributed by atoms with E-state index in [1.165, 1.54) is 0 Å². The molecule has 0 saturated carbocycles. The smallest absolute Gasteiger partial charge is 0.433 e. The van der Waals surface area contributed by atoms with E-state index in [1.807, 2.05) is 0 Å². The van der Waals surface area contributed by atoms with Crippen LogP contribution in [0.5, 0.6) is 0 Å². The monoisotopic (exact) mass is 354 g/mol. The first-order valence-corrected chi connectivity index (χ1v) is 6.37. The first-order chi connectivity index (χ1) is 10.6. The summed E-state index contributed by atoms with van der Waals surface area (Å²) in [6.07, 6.45) is -4.90. The Morgan fingerprint density at radius 3 is 2.48 bits per heavy atom. The van der Waals surface area contributed by atoms with Gasteiger partial charge in [0, 0.05) is 18.2 Å². The molecule has 2 aromatic rings. The second-order valence-corrected chi connectivity index (χ2v) is 4.96. The maximum Gasteiger partial charge on any atom is 0.433 e. The van der Waals surface area contributed by atoms with Crippen LogP contribution in [0.25, 0.3) is 11.3 Å². The molecule has 0 fully saturated rings. The van der Waals surface area contributed by atoms with Crippen molar-refractivity contribution in [3.05, 3.63) is 39.8 Å². The molecule has 0 aliphatic carbocycles. The molecule has 0 atom stereocenters. The van der Waals surface area contributed by atoms with Gasteiger partial charge in [0.25, 0.3) is 0 Å². The first-order valence-electron chi connectivity index (χ1n) is 5.99. The Balaban J connectivity index is 2.78. The highest BCUT2D eigenvalue weighted by molar-refractivity contribution is 6.33. The molecule has 0 unspecified atom stereocenters.